The topological polar surface area (TPSA) is 35.5 Å². The van der Waals surface area contributed by atoms with E-state index in [9.17, 15) is 18.3 Å². The SMILES string of the molecule is CNC[C@@H]1CCCCN1CC(O)Cc1ccc(C(F)(F)F)cc1. The van der Waals surface area contributed by atoms with Crippen molar-refractivity contribution >= 4 is 0 Å². The Morgan fingerprint density at radius 1 is 1.26 bits per heavy atom. The number of nitrogens with zero attached hydrogens (tertiary/aromatic N) is 1. The molecule has 1 aliphatic heterocycles. The highest BCUT2D eigenvalue weighted by molar-refractivity contribution is 5.25. The number of rotatable bonds is 6. The highest BCUT2D eigenvalue weighted by Gasteiger charge is 2.30. The van der Waals surface area contributed by atoms with Crippen LogP contribution in [-0.4, -0.2) is 48.8 Å². The summed E-state index contributed by atoms with van der Waals surface area (Å²) in [6.45, 7) is 2.43. The molecule has 6 heteroatoms. The van der Waals surface area contributed by atoms with E-state index in [4.69, 9.17) is 0 Å². The number of aliphatic hydroxyl groups is 1. The first-order valence-corrected chi connectivity index (χ1v) is 8.13. The molecule has 23 heavy (non-hydrogen) atoms. The van der Waals surface area contributed by atoms with Crippen LogP contribution in [0.25, 0.3) is 0 Å². The first-order chi connectivity index (χ1) is 10.9. The van der Waals surface area contributed by atoms with E-state index in [1.54, 1.807) is 0 Å². The summed E-state index contributed by atoms with van der Waals surface area (Å²) in [7, 11) is 1.92. The molecule has 0 aromatic heterocycles. The summed E-state index contributed by atoms with van der Waals surface area (Å²) in [5.41, 5.74) is 0.0773. The van der Waals surface area contributed by atoms with E-state index in [-0.39, 0.29) is 0 Å². The van der Waals surface area contributed by atoms with Crippen molar-refractivity contribution in [1.82, 2.24) is 10.2 Å². The number of halogens is 3. The molecule has 2 N–H and O–H groups in total. The Kier molecular flexibility index (Phi) is 6.44. The molecule has 1 unspecified atom stereocenters. The predicted octanol–water partition coefficient (Wildman–Crippen LogP) is 2.68. The van der Waals surface area contributed by atoms with Crippen LogP contribution in [0.1, 0.15) is 30.4 Å². The first-order valence-electron chi connectivity index (χ1n) is 8.13. The fraction of sp³-hybridized carbons (Fsp3) is 0.647. The van der Waals surface area contributed by atoms with Crippen LogP contribution in [0.15, 0.2) is 24.3 Å². The van der Waals surface area contributed by atoms with Gasteiger partial charge in [0.25, 0.3) is 0 Å². The van der Waals surface area contributed by atoms with Gasteiger partial charge in [0.05, 0.1) is 11.7 Å². The minimum atomic E-state index is -4.31. The third kappa shape index (κ3) is 5.48. The van der Waals surface area contributed by atoms with Crippen molar-refractivity contribution < 1.29 is 18.3 Å². The summed E-state index contributed by atoms with van der Waals surface area (Å²) in [6, 6.07) is 5.48. The molecule has 2 rings (SSSR count). The van der Waals surface area contributed by atoms with Crippen LogP contribution in [0.2, 0.25) is 0 Å². The molecule has 1 heterocycles. The molecule has 2 atom stereocenters. The number of benzene rings is 1. The molecule has 1 aromatic rings. The van der Waals surface area contributed by atoms with Gasteiger partial charge in [-0.2, -0.15) is 13.2 Å². The molecule has 3 nitrogen and oxygen atoms in total. The van der Waals surface area contributed by atoms with E-state index in [0.717, 1.165) is 43.6 Å². The molecule has 1 saturated heterocycles. The Bertz CT molecular complexity index is 474. The number of hydrogen-bond donors (Lipinski definition) is 2. The van der Waals surface area contributed by atoms with E-state index in [0.29, 0.717) is 19.0 Å². The zero-order valence-electron chi connectivity index (χ0n) is 13.4. The van der Waals surface area contributed by atoms with Gasteiger partial charge in [0.15, 0.2) is 0 Å². The number of alkyl halides is 3. The van der Waals surface area contributed by atoms with Gasteiger partial charge < -0.3 is 10.4 Å². The van der Waals surface area contributed by atoms with Gasteiger partial charge in [-0.15, -0.1) is 0 Å². The van der Waals surface area contributed by atoms with Crippen LogP contribution in [0.3, 0.4) is 0 Å². The van der Waals surface area contributed by atoms with Gasteiger partial charge in [-0.05, 0) is 50.6 Å². The van der Waals surface area contributed by atoms with E-state index in [2.05, 4.69) is 10.2 Å². The van der Waals surface area contributed by atoms with Gasteiger partial charge in [-0.3, -0.25) is 4.90 Å². The highest BCUT2D eigenvalue weighted by Crippen LogP contribution is 2.29. The highest BCUT2D eigenvalue weighted by atomic mass is 19.4. The predicted molar refractivity (Wildman–Crippen MR) is 84.3 cm³/mol. The number of β-amino-alcohol motifs (C(OH)–C–C–N with tert-alkyl or cyclic N) is 1. The van der Waals surface area contributed by atoms with Gasteiger partial charge in [-0.1, -0.05) is 18.6 Å². The maximum atomic E-state index is 12.5. The smallest absolute Gasteiger partial charge is 0.391 e. The zero-order chi connectivity index (χ0) is 16.9. The van der Waals surface area contributed by atoms with Crippen LogP contribution >= 0.6 is 0 Å². The molecular weight excluding hydrogens is 305 g/mol. The lowest BCUT2D eigenvalue weighted by Crippen LogP contribution is -2.48. The fourth-order valence-corrected chi connectivity index (χ4v) is 3.20. The van der Waals surface area contributed by atoms with E-state index in [1.807, 2.05) is 7.05 Å². The summed E-state index contributed by atoms with van der Waals surface area (Å²) >= 11 is 0. The van der Waals surface area contributed by atoms with Crippen molar-refractivity contribution in [3.8, 4) is 0 Å². The summed E-state index contributed by atoms with van der Waals surface area (Å²) < 4.78 is 37.6. The lowest BCUT2D eigenvalue weighted by Gasteiger charge is -2.36. The Hall–Kier alpha value is -1.11. The standard InChI is InChI=1S/C17H25F3N2O/c1-21-11-15-4-2-3-9-22(15)12-16(23)10-13-5-7-14(8-6-13)17(18,19)20/h5-8,15-16,21,23H,2-4,9-12H2,1H3/t15-,16?/m0/s1. The minimum absolute atomic E-state index is 0.376. The average molecular weight is 330 g/mol. The van der Waals surface area contributed by atoms with Crippen LogP contribution < -0.4 is 5.32 Å². The summed E-state index contributed by atoms with van der Waals surface area (Å²) in [5.74, 6) is 0. The van der Waals surface area contributed by atoms with Gasteiger partial charge in [0.2, 0.25) is 0 Å². The minimum Gasteiger partial charge on any atom is -0.391 e. The van der Waals surface area contributed by atoms with Crippen molar-refractivity contribution in [3.05, 3.63) is 35.4 Å². The molecule has 0 saturated carbocycles. The Balaban J connectivity index is 1.89. The van der Waals surface area contributed by atoms with Gasteiger partial charge in [0.1, 0.15) is 0 Å². The quantitative estimate of drug-likeness (QED) is 0.842. The fourth-order valence-electron chi connectivity index (χ4n) is 3.20. The third-order valence-corrected chi connectivity index (χ3v) is 4.39. The second-order valence-electron chi connectivity index (χ2n) is 6.25. The molecule has 0 bridgehead atoms. The Morgan fingerprint density at radius 2 is 1.96 bits per heavy atom. The Morgan fingerprint density at radius 3 is 2.57 bits per heavy atom. The van der Waals surface area contributed by atoms with Crippen molar-refractivity contribution in [2.75, 3.05) is 26.7 Å². The third-order valence-electron chi connectivity index (χ3n) is 4.39. The van der Waals surface area contributed by atoms with E-state index in [1.165, 1.54) is 18.6 Å². The van der Waals surface area contributed by atoms with Gasteiger partial charge in [-0.25, -0.2) is 0 Å². The lowest BCUT2D eigenvalue weighted by atomic mass is 10.00. The molecule has 1 aromatic carbocycles. The number of aliphatic hydroxyl groups excluding tert-OH is 1. The number of likely N-dealkylation sites (tertiary alicyclic amines) is 1. The summed E-state index contributed by atoms with van der Waals surface area (Å²) in [4.78, 5) is 2.29. The van der Waals surface area contributed by atoms with Gasteiger partial charge >= 0.3 is 6.18 Å². The van der Waals surface area contributed by atoms with Crippen molar-refractivity contribution in [1.29, 1.82) is 0 Å². The number of nitrogens with one attached hydrogen (secondary N) is 1. The molecule has 0 amide bonds. The number of piperidine rings is 1. The summed E-state index contributed by atoms with van der Waals surface area (Å²) in [5, 5.41) is 13.5. The molecule has 130 valence electrons. The second kappa shape index (κ2) is 8.13. The molecule has 0 radical (unpaired) electrons. The van der Waals surface area contributed by atoms with Crippen molar-refractivity contribution in [2.24, 2.45) is 0 Å². The van der Waals surface area contributed by atoms with Crippen LogP contribution in [0.5, 0.6) is 0 Å². The second-order valence-corrected chi connectivity index (χ2v) is 6.25. The first kappa shape index (κ1) is 18.2. The molecule has 1 aliphatic rings. The lowest BCUT2D eigenvalue weighted by molar-refractivity contribution is -0.137. The Labute approximate surface area is 135 Å². The molecule has 1 fully saturated rings. The maximum Gasteiger partial charge on any atom is 0.416 e. The van der Waals surface area contributed by atoms with Crippen LogP contribution in [0.4, 0.5) is 13.2 Å². The van der Waals surface area contributed by atoms with E-state index >= 15 is 0 Å². The van der Waals surface area contributed by atoms with Crippen LogP contribution in [-0.2, 0) is 12.6 Å². The normalized spacial score (nSPS) is 21.3. The molecule has 0 aliphatic carbocycles. The molecule has 0 spiro atoms. The number of hydrogen-bond acceptors (Lipinski definition) is 3. The van der Waals surface area contributed by atoms with Crippen molar-refractivity contribution in [2.45, 2.75) is 44.0 Å². The summed E-state index contributed by atoms with van der Waals surface area (Å²) in [6.07, 6.45) is -1.05. The average Bonchev–Trinajstić information content (AvgIpc) is 2.49. The molecular formula is C17H25F3N2O. The number of likely N-dealkylation sites (N-methyl/N-ethyl adjacent to an activating group) is 1. The van der Waals surface area contributed by atoms with Crippen LogP contribution in [0, 0.1) is 0 Å². The largest absolute Gasteiger partial charge is 0.416 e. The van der Waals surface area contributed by atoms with Crippen molar-refractivity contribution in [3.63, 3.8) is 0 Å². The maximum absolute atomic E-state index is 12.5. The van der Waals surface area contributed by atoms with Gasteiger partial charge in [0, 0.05) is 19.1 Å². The van der Waals surface area contributed by atoms with E-state index < -0.39 is 17.8 Å². The monoisotopic (exact) mass is 330 g/mol. The zero-order valence-corrected chi connectivity index (χ0v) is 13.4.